The summed E-state index contributed by atoms with van der Waals surface area (Å²) in [6.07, 6.45) is 0.753. The van der Waals surface area contributed by atoms with Crippen molar-refractivity contribution < 1.29 is 4.39 Å². The van der Waals surface area contributed by atoms with Gasteiger partial charge >= 0.3 is 0 Å². The standard InChI is InChI=1S/C17H19ClFN/c1-11-4-6-15(19)9-13(11)10-17(20-3)16-7-5-14(18)8-12(16)2/h4-9,17,20H,10H2,1-3H3. The van der Waals surface area contributed by atoms with E-state index in [1.807, 2.05) is 45.2 Å². The SMILES string of the molecule is CNC(Cc1cc(F)ccc1C)c1ccc(Cl)cc1C. The Morgan fingerprint density at radius 3 is 2.50 bits per heavy atom. The fourth-order valence-electron chi connectivity index (χ4n) is 2.48. The molecule has 0 aliphatic carbocycles. The Balaban J connectivity index is 2.31. The van der Waals surface area contributed by atoms with Crippen LogP contribution < -0.4 is 5.32 Å². The molecule has 0 heterocycles. The fraction of sp³-hybridized carbons (Fsp3) is 0.294. The van der Waals surface area contributed by atoms with E-state index in [0.717, 1.165) is 28.1 Å². The van der Waals surface area contributed by atoms with Crippen LogP contribution in [0.15, 0.2) is 36.4 Å². The molecule has 0 aliphatic heterocycles. The van der Waals surface area contributed by atoms with Crippen molar-refractivity contribution >= 4 is 11.6 Å². The van der Waals surface area contributed by atoms with Gasteiger partial charge in [-0.2, -0.15) is 0 Å². The molecule has 0 spiro atoms. The van der Waals surface area contributed by atoms with Crippen LogP contribution in [0.3, 0.4) is 0 Å². The Morgan fingerprint density at radius 2 is 1.85 bits per heavy atom. The predicted octanol–water partition coefficient (Wildman–Crippen LogP) is 4.60. The minimum atomic E-state index is -0.187. The van der Waals surface area contributed by atoms with Gasteiger partial charge in [0.15, 0.2) is 0 Å². The van der Waals surface area contributed by atoms with Gasteiger partial charge in [-0.05, 0) is 73.8 Å². The number of halogens is 2. The maximum atomic E-state index is 13.4. The minimum absolute atomic E-state index is 0.146. The second kappa shape index (κ2) is 6.38. The van der Waals surface area contributed by atoms with Gasteiger partial charge in [-0.15, -0.1) is 0 Å². The van der Waals surface area contributed by atoms with Crippen molar-refractivity contribution in [1.82, 2.24) is 5.32 Å². The summed E-state index contributed by atoms with van der Waals surface area (Å²) in [6.45, 7) is 4.06. The number of rotatable bonds is 4. The average molecular weight is 292 g/mol. The van der Waals surface area contributed by atoms with Gasteiger partial charge in [0.2, 0.25) is 0 Å². The largest absolute Gasteiger partial charge is 0.313 e. The number of aryl methyl sites for hydroxylation is 2. The Kier molecular flexibility index (Phi) is 4.79. The van der Waals surface area contributed by atoms with Gasteiger partial charge in [0, 0.05) is 11.1 Å². The van der Waals surface area contributed by atoms with E-state index in [-0.39, 0.29) is 11.9 Å². The van der Waals surface area contributed by atoms with Crippen molar-refractivity contribution in [2.75, 3.05) is 7.05 Å². The first-order valence-electron chi connectivity index (χ1n) is 6.69. The topological polar surface area (TPSA) is 12.0 Å². The zero-order valence-corrected chi connectivity index (χ0v) is 12.8. The Hall–Kier alpha value is -1.38. The van der Waals surface area contributed by atoms with Crippen LogP contribution in [-0.2, 0) is 6.42 Å². The molecule has 2 rings (SSSR count). The van der Waals surface area contributed by atoms with Crippen LogP contribution in [0, 0.1) is 19.7 Å². The van der Waals surface area contributed by atoms with Gasteiger partial charge < -0.3 is 5.32 Å². The number of hydrogen-bond donors (Lipinski definition) is 1. The van der Waals surface area contributed by atoms with Gasteiger partial charge in [-0.3, -0.25) is 0 Å². The number of nitrogens with one attached hydrogen (secondary N) is 1. The Labute approximate surface area is 124 Å². The highest BCUT2D eigenvalue weighted by Crippen LogP contribution is 2.25. The van der Waals surface area contributed by atoms with E-state index in [9.17, 15) is 4.39 Å². The summed E-state index contributed by atoms with van der Waals surface area (Å²) in [4.78, 5) is 0. The molecule has 0 saturated carbocycles. The smallest absolute Gasteiger partial charge is 0.123 e. The van der Waals surface area contributed by atoms with Crippen molar-refractivity contribution in [3.63, 3.8) is 0 Å². The molecule has 0 aromatic heterocycles. The molecule has 1 atom stereocenters. The normalized spacial score (nSPS) is 12.4. The molecule has 1 N–H and O–H groups in total. The summed E-state index contributed by atoms with van der Waals surface area (Å²) in [5.41, 5.74) is 4.48. The highest BCUT2D eigenvalue weighted by molar-refractivity contribution is 6.30. The van der Waals surface area contributed by atoms with E-state index in [1.165, 1.54) is 11.6 Å². The molecule has 2 aromatic carbocycles. The predicted molar refractivity (Wildman–Crippen MR) is 82.8 cm³/mol. The van der Waals surface area contributed by atoms with E-state index in [0.29, 0.717) is 0 Å². The second-order valence-corrected chi connectivity index (χ2v) is 5.55. The number of likely N-dealkylation sites (N-methyl/N-ethyl adjacent to an activating group) is 1. The molecule has 0 radical (unpaired) electrons. The van der Waals surface area contributed by atoms with E-state index in [4.69, 9.17) is 11.6 Å². The third kappa shape index (κ3) is 3.38. The quantitative estimate of drug-likeness (QED) is 0.868. The van der Waals surface area contributed by atoms with Crippen LogP contribution >= 0.6 is 11.6 Å². The third-order valence-electron chi connectivity index (χ3n) is 3.69. The van der Waals surface area contributed by atoms with Crippen LogP contribution in [0.25, 0.3) is 0 Å². The highest BCUT2D eigenvalue weighted by atomic mass is 35.5. The summed E-state index contributed by atoms with van der Waals surface area (Å²) < 4.78 is 13.4. The summed E-state index contributed by atoms with van der Waals surface area (Å²) in [6, 6.07) is 11.0. The molecule has 0 bridgehead atoms. The summed E-state index contributed by atoms with van der Waals surface area (Å²) >= 11 is 6.00. The molecular formula is C17H19ClFN. The van der Waals surface area contributed by atoms with Gasteiger partial charge in [-0.25, -0.2) is 4.39 Å². The van der Waals surface area contributed by atoms with Crippen LogP contribution in [0.1, 0.15) is 28.3 Å². The molecule has 1 unspecified atom stereocenters. The lowest BCUT2D eigenvalue weighted by molar-refractivity contribution is 0.580. The van der Waals surface area contributed by atoms with Gasteiger partial charge in [-0.1, -0.05) is 23.7 Å². The van der Waals surface area contributed by atoms with Crippen molar-refractivity contribution in [3.05, 3.63) is 69.5 Å². The van der Waals surface area contributed by atoms with Crippen molar-refractivity contribution in [2.24, 2.45) is 0 Å². The maximum Gasteiger partial charge on any atom is 0.123 e. The molecule has 0 saturated heterocycles. The van der Waals surface area contributed by atoms with Gasteiger partial charge in [0.05, 0.1) is 0 Å². The van der Waals surface area contributed by atoms with Gasteiger partial charge in [0.25, 0.3) is 0 Å². The molecule has 2 aromatic rings. The number of hydrogen-bond acceptors (Lipinski definition) is 1. The molecule has 1 nitrogen and oxygen atoms in total. The molecule has 3 heteroatoms. The van der Waals surface area contributed by atoms with E-state index in [2.05, 4.69) is 5.32 Å². The first kappa shape index (κ1) is 15.0. The molecule has 106 valence electrons. The van der Waals surface area contributed by atoms with Crippen molar-refractivity contribution in [2.45, 2.75) is 26.3 Å². The summed E-state index contributed by atoms with van der Waals surface area (Å²) in [5, 5.41) is 4.05. The van der Waals surface area contributed by atoms with Crippen LogP contribution in [0.4, 0.5) is 4.39 Å². The third-order valence-corrected chi connectivity index (χ3v) is 3.93. The monoisotopic (exact) mass is 291 g/mol. The van der Waals surface area contributed by atoms with E-state index < -0.39 is 0 Å². The van der Waals surface area contributed by atoms with E-state index in [1.54, 1.807) is 6.07 Å². The van der Waals surface area contributed by atoms with Gasteiger partial charge in [0.1, 0.15) is 5.82 Å². The van der Waals surface area contributed by atoms with Crippen LogP contribution in [0.5, 0.6) is 0 Å². The van der Waals surface area contributed by atoms with E-state index >= 15 is 0 Å². The van der Waals surface area contributed by atoms with Crippen molar-refractivity contribution in [1.29, 1.82) is 0 Å². The first-order valence-corrected chi connectivity index (χ1v) is 7.07. The fourth-order valence-corrected chi connectivity index (χ4v) is 2.70. The zero-order valence-electron chi connectivity index (χ0n) is 12.0. The lowest BCUT2D eigenvalue weighted by Gasteiger charge is -2.20. The zero-order chi connectivity index (χ0) is 14.7. The summed E-state index contributed by atoms with van der Waals surface area (Å²) in [5.74, 6) is -0.187. The summed E-state index contributed by atoms with van der Waals surface area (Å²) in [7, 11) is 1.92. The molecule has 0 fully saturated rings. The maximum absolute atomic E-state index is 13.4. The Bertz CT molecular complexity index is 610. The molecule has 20 heavy (non-hydrogen) atoms. The Morgan fingerprint density at radius 1 is 1.10 bits per heavy atom. The second-order valence-electron chi connectivity index (χ2n) is 5.12. The highest BCUT2D eigenvalue weighted by Gasteiger charge is 2.14. The average Bonchev–Trinajstić information content (AvgIpc) is 2.40. The van der Waals surface area contributed by atoms with Crippen LogP contribution in [0.2, 0.25) is 5.02 Å². The molecule has 0 amide bonds. The lowest BCUT2D eigenvalue weighted by atomic mass is 9.93. The van der Waals surface area contributed by atoms with Crippen LogP contribution in [-0.4, -0.2) is 7.05 Å². The lowest BCUT2D eigenvalue weighted by Crippen LogP contribution is -2.20. The first-order chi connectivity index (χ1) is 9.51. The van der Waals surface area contributed by atoms with Crippen molar-refractivity contribution in [3.8, 4) is 0 Å². The molecule has 0 aliphatic rings. The minimum Gasteiger partial charge on any atom is -0.313 e. The number of benzene rings is 2. The molecular weight excluding hydrogens is 273 g/mol.